The van der Waals surface area contributed by atoms with Crippen molar-refractivity contribution in [2.75, 3.05) is 11.1 Å². The monoisotopic (exact) mass is 440 g/mol. The average molecular weight is 441 g/mol. The van der Waals surface area contributed by atoms with Gasteiger partial charge in [-0.05, 0) is 61.4 Å². The minimum Gasteiger partial charge on any atom is -0.489 e. The van der Waals surface area contributed by atoms with Crippen molar-refractivity contribution in [1.29, 1.82) is 5.41 Å². The van der Waals surface area contributed by atoms with E-state index in [4.69, 9.17) is 20.3 Å². The molecule has 0 bridgehead atoms. The van der Waals surface area contributed by atoms with Gasteiger partial charge in [-0.25, -0.2) is 4.98 Å². The molecule has 0 saturated carbocycles. The molecule has 7 nitrogen and oxygen atoms in total. The van der Waals surface area contributed by atoms with Crippen LogP contribution in [0.5, 0.6) is 5.75 Å². The van der Waals surface area contributed by atoms with Gasteiger partial charge in [0.15, 0.2) is 11.5 Å². The number of anilines is 3. The van der Waals surface area contributed by atoms with E-state index in [1.165, 1.54) is 6.21 Å². The van der Waals surface area contributed by atoms with Gasteiger partial charge >= 0.3 is 0 Å². The fourth-order valence-corrected chi connectivity index (χ4v) is 3.33. The summed E-state index contributed by atoms with van der Waals surface area (Å²) >= 11 is 0. The second-order valence-electron chi connectivity index (χ2n) is 7.66. The first-order valence-corrected chi connectivity index (χ1v) is 10.4. The van der Waals surface area contributed by atoms with E-state index in [9.17, 15) is 4.79 Å². The highest BCUT2D eigenvalue weighted by molar-refractivity contribution is 5.94. The Balaban J connectivity index is 1.43. The second kappa shape index (κ2) is 9.40. The van der Waals surface area contributed by atoms with E-state index in [0.29, 0.717) is 35.2 Å². The SMILES string of the molecule is CC(=O)c1ccc(COc2ccc(-c3cnc(Nc4ccc(N)c(C=N)c4)o3)cc2C)cc1. The fourth-order valence-electron chi connectivity index (χ4n) is 3.33. The highest BCUT2D eigenvalue weighted by Crippen LogP contribution is 2.29. The maximum Gasteiger partial charge on any atom is 0.299 e. The largest absolute Gasteiger partial charge is 0.489 e. The normalized spacial score (nSPS) is 10.6. The van der Waals surface area contributed by atoms with Crippen LogP contribution in [0.2, 0.25) is 0 Å². The number of nitrogen functional groups attached to an aromatic ring is 1. The number of nitrogens with zero attached hydrogens (tertiary/aromatic N) is 1. The van der Waals surface area contributed by atoms with Crippen molar-refractivity contribution >= 4 is 29.4 Å². The molecule has 0 unspecified atom stereocenters. The van der Waals surface area contributed by atoms with Crippen LogP contribution >= 0.6 is 0 Å². The number of carbonyl (C=O) groups excluding carboxylic acids is 1. The van der Waals surface area contributed by atoms with Crippen molar-refractivity contribution < 1.29 is 13.9 Å². The van der Waals surface area contributed by atoms with Crippen LogP contribution in [0.4, 0.5) is 17.4 Å². The second-order valence-corrected chi connectivity index (χ2v) is 7.66. The highest BCUT2D eigenvalue weighted by atomic mass is 16.5. The summed E-state index contributed by atoms with van der Waals surface area (Å²) in [6.07, 6.45) is 2.86. The first-order chi connectivity index (χ1) is 15.9. The summed E-state index contributed by atoms with van der Waals surface area (Å²) < 4.78 is 11.8. The van der Waals surface area contributed by atoms with Gasteiger partial charge in [0.05, 0.1) is 6.20 Å². The third kappa shape index (κ3) is 5.10. The molecule has 0 atom stereocenters. The summed E-state index contributed by atoms with van der Waals surface area (Å²) in [5.74, 6) is 1.44. The molecular weight excluding hydrogens is 416 g/mol. The molecule has 0 amide bonds. The summed E-state index contributed by atoms with van der Waals surface area (Å²) in [6.45, 7) is 3.94. The molecule has 0 radical (unpaired) electrons. The number of carbonyl (C=O) groups is 1. The first-order valence-electron chi connectivity index (χ1n) is 10.4. The van der Waals surface area contributed by atoms with E-state index < -0.39 is 0 Å². The third-order valence-electron chi connectivity index (χ3n) is 5.21. The Morgan fingerprint density at radius 2 is 1.94 bits per heavy atom. The maximum atomic E-state index is 11.4. The van der Waals surface area contributed by atoms with E-state index in [1.807, 2.05) is 49.4 Å². The summed E-state index contributed by atoms with van der Waals surface area (Å²) in [5, 5.41) is 10.5. The molecular formula is C26H24N4O3. The number of oxazole rings is 1. The van der Waals surface area contributed by atoms with Gasteiger partial charge in [-0.15, -0.1) is 0 Å². The van der Waals surface area contributed by atoms with Crippen LogP contribution in [0.3, 0.4) is 0 Å². The molecule has 0 aliphatic carbocycles. The zero-order chi connectivity index (χ0) is 23.4. The molecule has 1 heterocycles. The standard InChI is InChI=1S/C26H24N4O3/c1-16-11-20(7-10-24(16)32-15-18-3-5-19(6-4-18)17(2)31)25-14-29-26(33-25)30-22-8-9-23(28)21(12-22)13-27/h3-14,27H,15,28H2,1-2H3,(H,29,30). The zero-order valence-corrected chi connectivity index (χ0v) is 18.4. The average Bonchev–Trinajstić information content (AvgIpc) is 3.28. The predicted octanol–water partition coefficient (Wildman–Crippen LogP) is 5.76. The topological polar surface area (TPSA) is 114 Å². The van der Waals surface area contributed by atoms with Crippen LogP contribution in [0.25, 0.3) is 11.3 Å². The number of nitrogens with two attached hydrogens (primary N) is 1. The van der Waals surface area contributed by atoms with Crippen LogP contribution in [0.15, 0.2) is 71.3 Å². The molecule has 3 aromatic carbocycles. The van der Waals surface area contributed by atoms with E-state index in [-0.39, 0.29) is 5.78 Å². The summed E-state index contributed by atoms with van der Waals surface area (Å²) in [6, 6.07) is 18.9. The Hall–Kier alpha value is -4.39. The molecule has 0 aliphatic heterocycles. The van der Waals surface area contributed by atoms with Crippen molar-refractivity contribution in [2.45, 2.75) is 20.5 Å². The molecule has 4 rings (SSSR count). The van der Waals surface area contributed by atoms with Crippen molar-refractivity contribution in [3.05, 3.63) is 89.1 Å². The van der Waals surface area contributed by atoms with Gasteiger partial charge in [0.2, 0.25) is 0 Å². The number of nitrogens with one attached hydrogen (secondary N) is 2. The smallest absolute Gasteiger partial charge is 0.299 e. The number of hydrogen-bond acceptors (Lipinski definition) is 7. The van der Waals surface area contributed by atoms with Gasteiger partial charge in [0.1, 0.15) is 12.4 Å². The van der Waals surface area contributed by atoms with Gasteiger partial charge in [-0.1, -0.05) is 24.3 Å². The predicted molar refractivity (Wildman–Crippen MR) is 129 cm³/mol. The Bertz CT molecular complexity index is 1310. The molecule has 1 aromatic heterocycles. The van der Waals surface area contributed by atoms with E-state index in [0.717, 1.165) is 28.1 Å². The number of ketones is 1. The Morgan fingerprint density at radius 3 is 2.64 bits per heavy atom. The number of hydrogen-bond donors (Lipinski definition) is 3. The van der Waals surface area contributed by atoms with Crippen LogP contribution in [0, 0.1) is 12.3 Å². The van der Waals surface area contributed by atoms with Gasteiger partial charge in [-0.2, -0.15) is 0 Å². The minimum atomic E-state index is 0.0456. The number of aromatic nitrogens is 1. The summed E-state index contributed by atoms with van der Waals surface area (Å²) in [4.78, 5) is 15.7. The molecule has 0 spiro atoms. The number of aryl methyl sites for hydroxylation is 1. The van der Waals surface area contributed by atoms with Crippen molar-refractivity contribution in [3.63, 3.8) is 0 Å². The number of Topliss-reactive ketones (excluding diaryl/α,β-unsaturated/α-hetero) is 1. The van der Waals surface area contributed by atoms with Crippen LogP contribution in [-0.2, 0) is 6.61 Å². The van der Waals surface area contributed by atoms with Crippen LogP contribution in [0.1, 0.15) is 34.0 Å². The number of benzene rings is 3. The van der Waals surface area contributed by atoms with Gasteiger partial charge < -0.3 is 25.6 Å². The maximum absolute atomic E-state index is 11.4. The lowest BCUT2D eigenvalue weighted by atomic mass is 10.1. The lowest BCUT2D eigenvalue weighted by Crippen LogP contribution is -1.98. The zero-order valence-electron chi connectivity index (χ0n) is 18.4. The van der Waals surface area contributed by atoms with Crippen molar-refractivity contribution in [1.82, 2.24) is 4.98 Å². The summed E-state index contributed by atoms with van der Waals surface area (Å²) in [5.41, 5.74) is 11.2. The Kier molecular flexibility index (Phi) is 6.22. The van der Waals surface area contributed by atoms with Crippen molar-refractivity contribution in [3.8, 4) is 17.1 Å². The third-order valence-corrected chi connectivity index (χ3v) is 5.21. The van der Waals surface area contributed by atoms with Gasteiger partial charge in [-0.3, -0.25) is 4.79 Å². The fraction of sp³-hybridized carbons (Fsp3) is 0.115. The molecule has 0 saturated heterocycles. The Morgan fingerprint density at radius 1 is 1.15 bits per heavy atom. The van der Waals surface area contributed by atoms with Crippen LogP contribution in [-0.4, -0.2) is 17.0 Å². The number of rotatable bonds is 8. The highest BCUT2D eigenvalue weighted by Gasteiger charge is 2.10. The quantitative estimate of drug-likeness (QED) is 0.182. The molecule has 0 fully saturated rings. The minimum absolute atomic E-state index is 0.0456. The van der Waals surface area contributed by atoms with E-state index in [1.54, 1.807) is 31.3 Å². The van der Waals surface area contributed by atoms with Gasteiger partial charge in [0.25, 0.3) is 6.01 Å². The van der Waals surface area contributed by atoms with E-state index in [2.05, 4.69) is 10.3 Å². The molecule has 7 heteroatoms. The molecule has 33 heavy (non-hydrogen) atoms. The van der Waals surface area contributed by atoms with Gasteiger partial charge in [0, 0.05) is 34.3 Å². The van der Waals surface area contributed by atoms with Crippen LogP contribution < -0.4 is 15.8 Å². The molecule has 166 valence electrons. The molecule has 0 aliphatic rings. The lowest BCUT2D eigenvalue weighted by molar-refractivity contribution is 0.101. The first kappa shape index (κ1) is 21.8. The molecule has 4 N–H and O–H groups in total. The number of ether oxygens (including phenoxy) is 1. The van der Waals surface area contributed by atoms with E-state index >= 15 is 0 Å². The molecule has 4 aromatic rings. The summed E-state index contributed by atoms with van der Waals surface area (Å²) in [7, 11) is 0. The lowest BCUT2D eigenvalue weighted by Gasteiger charge is -2.10. The Labute approximate surface area is 191 Å². The van der Waals surface area contributed by atoms with Crippen molar-refractivity contribution in [2.24, 2.45) is 0 Å².